The van der Waals surface area contributed by atoms with Crippen molar-refractivity contribution in [2.75, 3.05) is 0 Å². The minimum Gasteiger partial charge on any atom is -0.467 e. The molecule has 2 heterocycles. The van der Waals surface area contributed by atoms with Crippen LogP contribution in [-0.4, -0.2) is 15.7 Å². The number of carbonyl (C=O) groups excluding carboxylic acids is 1. The molecular formula is C16H14ClN3O2. The van der Waals surface area contributed by atoms with E-state index in [4.69, 9.17) is 16.0 Å². The first-order chi connectivity index (χ1) is 10.6. The zero-order chi connectivity index (χ0) is 15.5. The van der Waals surface area contributed by atoms with Crippen molar-refractivity contribution in [2.24, 2.45) is 0 Å². The van der Waals surface area contributed by atoms with Gasteiger partial charge in [-0.25, -0.2) is 4.68 Å². The average molecular weight is 316 g/mol. The predicted octanol–water partition coefficient (Wildman–Crippen LogP) is 3.36. The third kappa shape index (κ3) is 2.89. The lowest BCUT2D eigenvalue weighted by atomic mass is 10.2. The number of nitrogens with one attached hydrogen (secondary N) is 1. The van der Waals surface area contributed by atoms with Crippen molar-refractivity contribution < 1.29 is 9.21 Å². The van der Waals surface area contributed by atoms with Crippen molar-refractivity contribution in [1.29, 1.82) is 0 Å². The number of benzene rings is 1. The van der Waals surface area contributed by atoms with E-state index in [0.717, 1.165) is 11.4 Å². The van der Waals surface area contributed by atoms with Crippen molar-refractivity contribution >= 4 is 17.5 Å². The number of carbonyl (C=O) groups is 1. The summed E-state index contributed by atoms with van der Waals surface area (Å²) >= 11 is 5.88. The molecule has 6 heteroatoms. The molecule has 112 valence electrons. The second-order valence-corrected chi connectivity index (χ2v) is 5.23. The quantitative estimate of drug-likeness (QED) is 0.803. The van der Waals surface area contributed by atoms with Gasteiger partial charge in [0.1, 0.15) is 5.76 Å². The van der Waals surface area contributed by atoms with Gasteiger partial charge in [-0.05, 0) is 43.3 Å². The fraction of sp³-hybridized carbons (Fsp3) is 0.125. The van der Waals surface area contributed by atoms with Crippen molar-refractivity contribution in [1.82, 2.24) is 15.1 Å². The van der Waals surface area contributed by atoms with Crippen LogP contribution in [0.2, 0.25) is 5.02 Å². The monoisotopic (exact) mass is 315 g/mol. The Morgan fingerprint density at radius 3 is 2.77 bits per heavy atom. The Morgan fingerprint density at radius 2 is 2.09 bits per heavy atom. The summed E-state index contributed by atoms with van der Waals surface area (Å²) in [6.07, 6.45) is 3.13. The summed E-state index contributed by atoms with van der Waals surface area (Å²) in [6.45, 7) is 2.20. The lowest BCUT2D eigenvalue weighted by Crippen LogP contribution is -2.23. The number of halogens is 1. The SMILES string of the molecule is Cc1c(C(=O)NCc2ccco2)cnn1-c1ccc(Cl)cc1. The van der Waals surface area contributed by atoms with Gasteiger partial charge in [0.25, 0.3) is 5.91 Å². The van der Waals surface area contributed by atoms with Crippen molar-refractivity contribution in [2.45, 2.75) is 13.5 Å². The van der Waals surface area contributed by atoms with Gasteiger partial charge in [0.05, 0.1) is 35.9 Å². The van der Waals surface area contributed by atoms with Crippen LogP contribution < -0.4 is 5.32 Å². The summed E-state index contributed by atoms with van der Waals surface area (Å²) in [4.78, 5) is 12.2. The van der Waals surface area contributed by atoms with Crippen LogP contribution in [0, 0.1) is 6.92 Å². The third-order valence-corrected chi connectivity index (χ3v) is 3.58. The van der Waals surface area contributed by atoms with Gasteiger partial charge in [0.2, 0.25) is 0 Å². The molecule has 0 atom stereocenters. The van der Waals surface area contributed by atoms with Gasteiger partial charge < -0.3 is 9.73 Å². The summed E-state index contributed by atoms with van der Waals surface area (Å²) in [5.74, 6) is 0.519. The fourth-order valence-corrected chi connectivity index (χ4v) is 2.28. The van der Waals surface area contributed by atoms with Gasteiger partial charge in [-0.1, -0.05) is 11.6 Å². The molecule has 2 aromatic heterocycles. The number of amides is 1. The Balaban J connectivity index is 1.77. The summed E-state index contributed by atoms with van der Waals surface area (Å²) in [6, 6.07) is 10.9. The molecule has 0 unspecified atom stereocenters. The highest BCUT2D eigenvalue weighted by molar-refractivity contribution is 6.30. The molecule has 0 saturated carbocycles. The predicted molar refractivity (Wildman–Crippen MR) is 83.2 cm³/mol. The number of nitrogens with zero attached hydrogens (tertiary/aromatic N) is 2. The molecule has 1 N–H and O–H groups in total. The largest absolute Gasteiger partial charge is 0.467 e. The van der Waals surface area contributed by atoms with Crippen molar-refractivity contribution in [3.05, 3.63) is 70.9 Å². The Labute approximate surface area is 132 Å². The molecule has 0 bridgehead atoms. The van der Waals surface area contributed by atoms with E-state index in [0.29, 0.717) is 22.9 Å². The van der Waals surface area contributed by atoms with E-state index >= 15 is 0 Å². The highest BCUT2D eigenvalue weighted by atomic mass is 35.5. The number of hydrogen-bond acceptors (Lipinski definition) is 3. The number of rotatable bonds is 4. The van der Waals surface area contributed by atoms with E-state index in [9.17, 15) is 4.79 Å². The molecule has 0 fully saturated rings. The Hall–Kier alpha value is -2.53. The van der Waals surface area contributed by atoms with E-state index in [1.165, 1.54) is 0 Å². The van der Waals surface area contributed by atoms with Crippen LogP contribution in [0.25, 0.3) is 5.69 Å². The molecule has 0 aliphatic rings. The van der Waals surface area contributed by atoms with Crippen LogP contribution in [0.4, 0.5) is 0 Å². The molecule has 5 nitrogen and oxygen atoms in total. The van der Waals surface area contributed by atoms with Crippen LogP contribution in [-0.2, 0) is 6.54 Å². The standard InChI is InChI=1S/C16H14ClN3O2/c1-11-15(16(21)18-9-14-3-2-8-22-14)10-19-20(11)13-6-4-12(17)5-7-13/h2-8,10H,9H2,1H3,(H,18,21). The second-order valence-electron chi connectivity index (χ2n) is 4.79. The molecule has 0 saturated heterocycles. The maximum Gasteiger partial charge on any atom is 0.255 e. The molecule has 0 radical (unpaired) electrons. The molecule has 0 aliphatic carbocycles. The molecular weight excluding hydrogens is 302 g/mol. The molecule has 3 rings (SSSR count). The Morgan fingerprint density at radius 1 is 1.32 bits per heavy atom. The summed E-state index contributed by atoms with van der Waals surface area (Å²) in [5, 5.41) is 7.74. The smallest absolute Gasteiger partial charge is 0.255 e. The van der Waals surface area contributed by atoms with E-state index in [2.05, 4.69) is 10.4 Å². The molecule has 22 heavy (non-hydrogen) atoms. The highest BCUT2D eigenvalue weighted by Gasteiger charge is 2.15. The van der Waals surface area contributed by atoms with Crippen LogP contribution in [0.15, 0.2) is 53.3 Å². The number of hydrogen-bond donors (Lipinski definition) is 1. The van der Waals surface area contributed by atoms with Crippen molar-refractivity contribution in [3.8, 4) is 5.69 Å². The Bertz CT molecular complexity index is 776. The average Bonchev–Trinajstić information content (AvgIpc) is 3.15. The summed E-state index contributed by atoms with van der Waals surface area (Å²) in [7, 11) is 0. The van der Waals surface area contributed by atoms with Crippen molar-refractivity contribution in [3.63, 3.8) is 0 Å². The third-order valence-electron chi connectivity index (χ3n) is 3.33. The number of furan rings is 1. The van der Waals surface area contributed by atoms with Gasteiger partial charge in [-0.3, -0.25) is 4.79 Å². The van der Waals surface area contributed by atoms with E-state index in [1.807, 2.05) is 25.1 Å². The van der Waals surface area contributed by atoms with Gasteiger partial charge in [-0.2, -0.15) is 5.10 Å². The van der Waals surface area contributed by atoms with Gasteiger partial charge in [0.15, 0.2) is 0 Å². The van der Waals surface area contributed by atoms with E-state index in [-0.39, 0.29) is 5.91 Å². The highest BCUT2D eigenvalue weighted by Crippen LogP contribution is 2.17. The molecule has 0 aliphatic heterocycles. The van der Waals surface area contributed by atoms with Gasteiger partial charge in [-0.15, -0.1) is 0 Å². The maximum atomic E-state index is 12.2. The Kier molecular flexibility index (Phi) is 3.98. The lowest BCUT2D eigenvalue weighted by Gasteiger charge is -2.06. The number of aromatic nitrogens is 2. The van der Waals surface area contributed by atoms with Crippen LogP contribution in [0.1, 0.15) is 21.8 Å². The molecule has 1 amide bonds. The minimum absolute atomic E-state index is 0.186. The van der Waals surface area contributed by atoms with E-state index in [1.54, 1.807) is 35.3 Å². The normalized spacial score (nSPS) is 10.6. The molecule has 3 aromatic rings. The summed E-state index contributed by atoms with van der Waals surface area (Å²) < 4.78 is 6.89. The molecule has 0 spiro atoms. The van der Waals surface area contributed by atoms with Gasteiger partial charge in [0, 0.05) is 5.02 Å². The zero-order valence-corrected chi connectivity index (χ0v) is 12.7. The molecule has 1 aromatic carbocycles. The lowest BCUT2D eigenvalue weighted by molar-refractivity contribution is 0.0947. The van der Waals surface area contributed by atoms with Gasteiger partial charge >= 0.3 is 0 Å². The first-order valence-electron chi connectivity index (χ1n) is 6.76. The van der Waals surface area contributed by atoms with E-state index < -0.39 is 0 Å². The minimum atomic E-state index is -0.186. The second kappa shape index (κ2) is 6.07. The summed E-state index contributed by atoms with van der Waals surface area (Å²) in [5.41, 5.74) is 2.15. The van der Waals surface area contributed by atoms with Crippen LogP contribution in [0.5, 0.6) is 0 Å². The topological polar surface area (TPSA) is 60.1 Å². The first kappa shape index (κ1) is 14.4. The van der Waals surface area contributed by atoms with Crippen LogP contribution in [0.3, 0.4) is 0 Å². The zero-order valence-electron chi connectivity index (χ0n) is 11.9. The fourth-order valence-electron chi connectivity index (χ4n) is 2.15. The van der Waals surface area contributed by atoms with Crippen LogP contribution >= 0.6 is 11.6 Å². The first-order valence-corrected chi connectivity index (χ1v) is 7.14. The maximum absolute atomic E-state index is 12.2.